The van der Waals surface area contributed by atoms with Gasteiger partial charge in [-0.2, -0.15) is 26.3 Å². The highest BCUT2D eigenvalue weighted by molar-refractivity contribution is 5.95. The Morgan fingerprint density at radius 3 is 2.26 bits per heavy atom. The van der Waals surface area contributed by atoms with E-state index in [0.29, 0.717) is 0 Å². The maximum atomic E-state index is 13.0. The third-order valence-corrected chi connectivity index (χ3v) is 4.17. The minimum Gasteiger partial charge on any atom is -0.461 e. The maximum absolute atomic E-state index is 13.0. The first-order valence-corrected chi connectivity index (χ1v) is 8.95. The normalized spacial score (nSPS) is 12.1. The third-order valence-electron chi connectivity index (χ3n) is 4.17. The van der Waals surface area contributed by atoms with Crippen molar-refractivity contribution in [2.75, 3.05) is 11.9 Å². The van der Waals surface area contributed by atoms with Crippen molar-refractivity contribution in [2.45, 2.75) is 25.8 Å². The van der Waals surface area contributed by atoms with Crippen molar-refractivity contribution in [2.24, 2.45) is 0 Å². The molecule has 1 aromatic heterocycles. The first-order valence-electron chi connectivity index (χ1n) is 8.95. The van der Waals surface area contributed by atoms with Crippen LogP contribution in [0.4, 0.5) is 32.2 Å². The molecule has 2 aromatic carbocycles. The van der Waals surface area contributed by atoms with Crippen molar-refractivity contribution in [3.8, 4) is 0 Å². The number of ether oxygens (including phenoxy) is 1. The van der Waals surface area contributed by atoms with E-state index in [1.165, 1.54) is 12.1 Å². The molecule has 0 radical (unpaired) electrons. The van der Waals surface area contributed by atoms with Gasteiger partial charge >= 0.3 is 18.3 Å². The van der Waals surface area contributed by atoms with Gasteiger partial charge in [0.15, 0.2) is 11.5 Å². The summed E-state index contributed by atoms with van der Waals surface area (Å²) >= 11 is 0. The summed E-state index contributed by atoms with van der Waals surface area (Å²) in [6.07, 6.45) is -9.15. The molecule has 5 nitrogen and oxygen atoms in total. The van der Waals surface area contributed by atoms with E-state index >= 15 is 0 Å². The van der Waals surface area contributed by atoms with Crippen molar-refractivity contribution in [1.29, 1.82) is 0 Å². The van der Waals surface area contributed by atoms with Crippen molar-refractivity contribution in [1.82, 2.24) is 9.97 Å². The van der Waals surface area contributed by atoms with E-state index in [4.69, 9.17) is 4.74 Å². The smallest absolute Gasteiger partial charge is 0.416 e. The van der Waals surface area contributed by atoms with Crippen LogP contribution >= 0.6 is 0 Å². The van der Waals surface area contributed by atoms with E-state index in [2.05, 4.69) is 15.3 Å². The first-order chi connectivity index (χ1) is 14.5. The average Bonchev–Trinajstić information content (AvgIpc) is 2.70. The molecule has 1 N–H and O–H groups in total. The number of halogens is 6. The SMILES string of the molecule is CCOC(=O)c1nc2ccc(C(F)(F)F)cc2nc1NCc1cccc(C(F)(F)F)c1. The van der Waals surface area contributed by atoms with Crippen LogP contribution in [0.5, 0.6) is 0 Å². The second kappa shape index (κ2) is 8.40. The molecule has 3 rings (SSSR count). The number of alkyl halides is 6. The molecule has 11 heteroatoms. The van der Waals surface area contributed by atoms with Crippen LogP contribution in [0.3, 0.4) is 0 Å². The van der Waals surface area contributed by atoms with Gasteiger partial charge in [-0.15, -0.1) is 0 Å². The molecular weight excluding hydrogens is 428 g/mol. The Morgan fingerprint density at radius 1 is 0.935 bits per heavy atom. The van der Waals surface area contributed by atoms with Gasteiger partial charge in [0.2, 0.25) is 0 Å². The number of aromatic nitrogens is 2. The number of hydrogen-bond acceptors (Lipinski definition) is 5. The molecular formula is C20H15F6N3O2. The highest BCUT2D eigenvalue weighted by Crippen LogP contribution is 2.32. The van der Waals surface area contributed by atoms with Gasteiger partial charge < -0.3 is 10.1 Å². The molecule has 0 unspecified atom stereocenters. The summed E-state index contributed by atoms with van der Waals surface area (Å²) in [7, 11) is 0. The Morgan fingerprint density at radius 2 is 1.61 bits per heavy atom. The topological polar surface area (TPSA) is 64.1 Å². The standard InChI is InChI=1S/C20H15F6N3O2/c1-2-31-18(30)16-17(27-10-11-4-3-5-12(8-11)19(21,22)23)29-15-9-13(20(24,25)26)6-7-14(15)28-16/h3-9H,2,10H2,1H3,(H,27,29). The number of fused-ring (bicyclic) bond motifs is 1. The lowest BCUT2D eigenvalue weighted by Gasteiger charge is -2.13. The minimum atomic E-state index is -4.61. The summed E-state index contributed by atoms with van der Waals surface area (Å²) in [4.78, 5) is 20.3. The fraction of sp³-hybridized carbons (Fsp3) is 0.250. The van der Waals surface area contributed by atoms with Crippen LogP contribution in [-0.2, 0) is 23.6 Å². The molecule has 0 saturated heterocycles. The molecule has 3 aromatic rings. The lowest BCUT2D eigenvalue weighted by atomic mass is 10.1. The zero-order valence-corrected chi connectivity index (χ0v) is 15.9. The Labute approximate surface area is 172 Å². The van der Waals surface area contributed by atoms with Gasteiger partial charge in [0.05, 0.1) is 28.8 Å². The number of hydrogen-bond donors (Lipinski definition) is 1. The molecule has 0 aliphatic carbocycles. The van der Waals surface area contributed by atoms with Crippen LogP contribution in [0.15, 0.2) is 42.5 Å². The molecule has 0 saturated carbocycles. The van der Waals surface area contributed by atoms with Gasteiger partial charge in [0, 0.05) is 6.54 Å². The first kappa shape index (κ1) is 22.3. The van der Waals surface area contributed by atoms with E-state index in [1.54, 1.807) is 6.92 Å². The lowest BCUT2D eigenvalue weighted by Crippen LogP contribution is -2.14. The number of esters is 1. The van der Waals surface area contributed by atoms with Crippen LogP contribution in [0.2, 0.25) is 0 Å². The minimum absolute atomic E-state index is 0.0125. The third kappa shape index (κ3) is 5.22. The Bertz CT molecular complexity index is 1110. The van der Waals surface area contributed by atoms with Crippen molar-refractivity contribution < 1.29 is 35.9 Å². The summed E-state index contributed by atoms with van der Waals surface area (Å²) < 4.78 is 82.6. The lowest BCUT2D eigenvalue weighted by molar-refractivity contribution is -0.138. The number of nitrogens with zero attached hydrogens (tertiary/aromatic N) is 2. The van der Waals surface area contributed by atoms with Gasteiger partial charge in [-0.1, -0.05) is 12.1 Å². The van der Waals surface area contributed by atoms with Crippen molar-refractivity contribution in [3.63, 3.8) is 0 Å². The zero-order chi connectivity index (χ0) is 22.8. The van der Waals surface area contributed by atoms with Crippen LogP contribution in [0, 0.1) is 0 Å². The number of benzene rings is 2. The number of rotatable bonds is 5. The molecule has 0 bridgehead atoms. The molecule has 1 heterocycles. The van der Waals surface area contributed by atoms with E-state index in [-0.39, 0.29) is 41.3 Å². The van der Waals surface area contributed by atoms with Gasteiger partial charge in [-0.05, 0) is 42.8 Å². The fourth-order valence-corrected chi connectivity index (χ4v) is 2.74. The van der Waals surface area contributed by atoms with Gasteiger partial charge in [0.1, 0.15) is 0 Å². The van der Waals surface area contributed by atoms with Gasteiger partial charge in [0.25, 0.3) is 0 Å². The summed E-state index contributed by atoms with van der Waals surface area (Å²) in [6, 6.07) is 7.10. The Kier molecular flexibility index (Phi) is 6.05. The quantitative estimate of drug-likeness (QED) is 0.419. The molecule has 0 amide bonds. The maximum Gasteiger partial charge on any atom is 0.416 e. The summed E-state index contributed by atoms with van der Waals surface area (Å²) in [5, 5.41) is 2.67. The molecule has 0 aliphatic heterocycles. The van der Waals surface area contributed by atoms with Crippen LogP contribution in [0.1, 0.15) is 34.1 Å². The van der Waals surface area contributed by atoms with E-state index in [9.17, 15) is 31.1 Å². The van der Waals surface area contributed by atoms with E-state index < -0.39 is 29.4 Å². The van der Waals surface area contributed by atoms with Crippen molar-refractivity contribution in [3.05, 3.63) is 64.8 Å². The summed E-state index contributed by atoms with van der Waals surface area (Å²) in [6.45, 7) is 1.38. The fourth-order valence-electron chi connectivity index (χ4n) is 2.74. The molecule has 0 aliphatic rings. The molecule has 0 atom stereocenters. The molecule has 0 spiro atoms. The highest BCUT2D eigenvalue weighted by atomic mass is 19.4. The second-order valence-electron chi connectivity index (χ2n) is 6.39. The zero-order valence-electron chi connectivity index (χ0n) is 15.9. The average molecular weight is 443 g/mol. The van der Waals surface area contributed by atoms with Crippen LogP contribution in [-0.4, -0.2) is 22.5 Å². The monoisotopic (exact) mass is 443 g/mol. The number of carbonyl (C=O) groups excluding carboxylic acids is 1. The number of carbonyl (C=O) groups is 1. The summed E-state index contributed by atoms with van der Waals surface area (Å²) in [5.74, 6) is -1.08. The number of anilines is 1. The summed E-state index contributed by atoms with van der Waals surface area (Å²) in [5.41, 5.74) is -2.01. The largest absolute Gasteiger partial charge is 0.461 e. The van der Waals surface area contributed by atoms with Gasteiger partial charge in [-0.3, -0.25) is 0 Å². The van der Waals surface area contributed by atoms with Crippen molar-refractivity contribution >= 4 is 22.8 Å². The number of nitrogens with one attached hydrogen (secondary N) is 1. The molecule has 164 valence electrons. The predicted octanol–water partition coefficient (Wildman–Crippen LogP) is 5.46. The van der Waals surface area contributed by atoms with Gasteiger partial charge in [-0.25, -0.2) is 14.8 Å². The molecule has 31 heavy (non-hydrogen) atoms. The molecule has 0 fully saturated rings. The highest BCUT2D eigenvalue weighted by Gasteiger charge is 2.31. The predicted molar refractivity (Wildman–Crippen MR) is 99.3 cm³/mol. The Balaban J connectivity index is 1.99. The van der Waals surface area contributed by atoms with Crippen LogP contribution in [0.25, 0.3) is 11.0 Å². The second-order valence-corrected chi connectivity index (χ2v) is 6.39. The van der Waals surface area contributed by atoms with Crippen LogP contribution < -0.4 is 5.32 Å². The van der Waals surface area contributed by atoms with E-state index in [1.807, 2.05) is 0 Å². The Hall–Kier alpha value is -3.37. The van der Waals surface area contributed by atoms with E-state index in [0.717, 1.165) is 30.3 Å².